The molecule has 0 unspecified atom stereocenters. The molecular formula is C24H38O6SSi2. The van der Waals surface area contributed by atoms with E-state index < -0.39 is 17.6 Å². The van der Waals surface area contributed by atoms with Crippen LogP contribution >= 0.6 is 11.8 Å². The van der Waals surface area contributed by atoms with Gasteiger partial charge in [0.25, 0.3) is 0 Å². The molecule has 0 radical (unpaired) electrons. The Morgan fingerprint density at radius 1 is 0.455 bits per heavy atom. The van der Waals surface area contributed by atoms with Crippen LogP contribution in [0, 0.1) is 0 Å². The summed E-state index contributed by atoms with van der Waals surface area (Å²) in [7, 11) is -5.77. The first-order chi connectivity index (χ1) is 16.0. The molecule has 184 valence electrons. The van der Waals surface area contributed by atoms with Crippen LogP contribution in [0.1, 0.15) is 41.5 Å². The molecule has 0 heterocycles. The van der Waals surface area contributed by atoms with Gasteiger partial charge >= 0.3 is 17.6 Å². The van der Waals surface area contributed by atoms with Gasteiger partial charge in [0.2, 0.25) is 0 Å². The lowest BCUT2D eigenvalue weighted by atomic mass is 10.4. The first-order valence-electron chi connectivity index (χ1n) is 11.8. The van der Waals surface area contributed by atoms with E-state index >= 15 is 0 Å². The van der Waals surface area contributed by atoms with Crippen molar-refractivity contribution in [2.24, 2.45) is 0 Å². The van der Waals surface area contributed by atoms with Gasteiger partial charge in [-0.3, -0.25) is 0 Å². The van der Waals surface area contributed by atoms with E-state index in [1.165, 1.54) is 0 Å². The average molecular weight is 511 g/mol. The third-order valence-corrected chi connectivity index (χ3v) is 11.8. The molecule has 2 rings (SSSR count). The van der Waals surface area contributed by atoms with Crippen molar-refractivity contribution >= 4 is 39.7 Å². The van der Waals surface area contributed by atoms with E-state index in [2.05, 4.69) is 48.5 Å². The molecule has 0 atom stereocenters. The number of hydrogen-bond acceptors (Lipinski definition) is 7. The molecule has 33 heavy (non-hydrogen) atoms. The standard InChI is InChI=1S/C24H38O6SSi2/c1-7-25-32(26-8-2,27-9-3)23-17-13-21(14-18-23)31-22-15-19-24(20-16-22)33(28-10-4,29-11-5)30-12-6/h13-20H,7-12H2,1-6H3. The van der Waals surface area contributed by atoms with Crippen molar-refractivity contribution in [3.63, 3.8) is 0 Å². The van der Waals surface area contributed by atoms with Crippen molar-refractivity contribution in [1.82, 2.24) is 0 Å². The number of benzene rings is 2. The number of rotatable bonds is 16. The third-order valence-electron chi connectivity index (χ3n) is 4.66. The maximum absolute atomic E-state index is 6.02. The molecule has 0 saturated carbocycles. The van der Waals surface area contributed by atoms with E-state index in [1.807, 2.05) is 41.5 Å². The van der Waals surface area contributed by atoms with Gasteiger partial charge in [0.1, 0.15) is 0 Å². The minimum atomic E-state index is -2.89. The summed E-state index contributed by atoms with van der Waals surface area (Å²) >= 11 is 1.69. The summed E-state index contributed by atoms with van der Waals surface area (Å²) in [5.41, 5.74) is 0. The van der Waals surface area contributed by atoms with Crippen LogP contribution in [0.15, 0.2) is 58.3 Å². The Morgan fingerprint density at radius 3 is 0.909 bits per heavy atom. The van der Waals surface area contributed by atoms with Crippen LogP contribution in [0.5, 0.6) is 0 Å². The zero-order valence-electron chi connectivity index (χ0n) is 20.7. The van der Waals surface area contributed by atoms with Gasteiger partial charge in [0.05, 0.1) is 0 Å². The van der Waals surface area contributed by atoms with Crippen LogP contribution in [0.3, 0.4) is 0 Å². The lowest BCUT2D eigenvalue weighted by Gasteiger charge is -2.28. The highest BCUT2D eigenvalue weighted by molar-refractivity contribution is 7.99. The van der Waals surface area contributed by atoms with E-state index in [9.17, 15) is 0 Å². The Balaban J connectivity index is 2.21. The van der Waals surface area contributed by atoms with Crippen LogP contribution in [-0.2, 0) is 26.6 Å². The normalized spacial score (nSPS) is 12.3. The van der Waals surface area contributed by atoms with Gasteiger partial charge in [-0.25, -0.2) is 0 Å². The van der Waals surface area contributed by atoms with Crippen molar-refractivity contribution < 1.29 is 26.6 Å². The maximum Gasteiger partial charge on any atom is 0.537 e. The minimum absolute atomic E-state index is 0.547. The predicted octanol–water partition coefficient (Wildman–Crippen LogP) is 4.35. The number of hydrogen-bond donors (Lipinski definition) is 0. The highest BCUT2D eigenvalue weighted by Crippen LogP contribution is 2.27. The monoisotopic (exact) mass is 510 g/mol. The van der Waals surface area contributed by atoms with Crippen LogP contribution in [0.4, 0.5) is 0 Å². The van der Waals surface area contributed by atoms with E-state index in [4.69, 9.17) is 26.6 Å². The highest BCUT2D eigenvalue weighted by Gasteiger charge is 2.44. The zero-order valence-corrected chi connectivity index (χ0v) is 23.5. The molecule has 0 fully saturated rings. The molecular weight excluding hydrogens is 472 g/mol. The molecule has 0 aromatic heterocycles. The van der Waals surface area contributed by atoms with Gasteiger partial charge in [-0.1, -0.05) is 36.0 Å². The van der Waals surface area contributed by atoms with Gasteiger partial charge in [0.15, 0.2) is 0 Å². The van der Waals surface area contributed by atoms with Gasteiger partial charge in [0, 0.05) is 59.8 Å². The minimum Gasteiger partial charge on any atom is -0.370 e. The summed E-state index contributed by atoms with van der Waals surface area (Å²) in [4.78, 5) is 2.25. The Kier molecular flexibility index (Phi) is 12.3. The summed E-state index contributed by atoms with van der Waals surface area (Å²) < 4.78 is 36.1. The molecule has 0 aliphatic carbocycles. The van der Waals surface area contributed by atoms with Crippen molar-refractivity contribution in [2.45, 2.75) is 51.3 Å². The summed E-state index contributed by atoms with van der Waals surface area (Å²) in [5, 5.41) is 1.96. The predicted molar refractivity (Wildman–Crippen MR) is 138 cm³/mol. The average Bonchev–Trinajstić information content (AvgIpc) is 2.81. The molecule has 2 aromatic rings. The van der Waals surface area contributed by atoms with E-state index in [1.54, 1.807) is 11.8 Å². The third kappa shape index (κ3) is 7.48. The lowest BCUT2D eigenvalue weighted by molar-refractivity contribution is 0.0851. The van der Waals surface area contributed by atoms with Crippen LogP contribution in [-0.4, -0.2) is 57.3 Å². The van der Waals surface area contributed by atoms with Crippen molar-refractivity contribution in [2.75, 3.05) is 39.6 Å². The Labute approximate surface area is 205 Å². The van der Waals surface area contributed by atoms with Crippen LogP contribution in [0.25, 0.3) is 0 Å². The van der Waals surface area contributed by atoms with Crippen molar-refractivity contribution in [3.8, 4) is 0 Å². The van der Waals surface area contributed by atoms with Gasteiger partial charge < -0.3 is 26.6 Å². The molecule has 0 aliphatic heterocycles. The van der Waals surface area contributed by atoms with E-state index in [-0.39, 0.29) is 0 Å². The molecule has 2 aromatic carbocycles. The quantitative estimate of drug-likeness (QED) is 0.311. The summed E-state index contributed by atoms with van der Waals surface area (Å²) in [5.74, 6) is 0. The molecule has 0 saturated heterocycles. The lowest BCUT2D eigenvalue weighted by Crippen LogP contribution is -2.56. The summed E-state index contributed by atoms with van der Waals surface area (Å²) in [6.07, 6.45) is 0. The molecule has 0 aliphatic rings. The second-order valence-electron chi connectivity index (χ2n) is 6.86. The van der Waals surface area contributed by atoms with Crippen molar-refractivity contribution in [3.05, 3.63) is 48.5 Å². The van der Waals surface area contributed by atoms with Gasteiger partial charge in [-0.05, 0) is 65.8 Å². The van der Waals surface area contributed by atoms with Crippen LogP contribution < -0.4 is 10.4 Å². The van der Waals surface area contributed by atoms with Crippen molar-refractivity contribution in [1.29, 1.82) is 0 Å². The molecule has 0 bridgehead atoms. The van der Waals surface area contributed by atoms with E-state index in [0.29, 0.717) is 39.6 Å². The van der Waals surface area contributed by atoms with Crippen LogP contribution in [0.2, 0.25) is 0 Å². The Morgan fingerprint density at radius 2 is 0.697 bits per heavy atom. The highest BCUT2D eigenvalue weighted by atomic mass is 32.2. The fourth-order valence-electron chi connectivity index (χ4n) is 3.48. The molecule has 9 heteroatoms. The van der Waals surface area contributed by atoms with Gasteiger partial charge in [-0.2, -0.15) is 0 Å². The topological polar surface area (TPSA) is 55.4 Å². The molecule has 6 nitrogen and oxygen atoms in total. The smallest absolute Gasteiger partial charge is 0.370 e. The summed E-state index contributed by atoms with van der Waals surface area (Å²) in [6.45, 7) is 15.1. The molecule has 0 amide bonds. The fraction of sp³-hybridized carbons (Fsp3) is 0.500. The SMILES string of the molecule is CCO[Si](OCC)(OCC)c1ccc(Sc2ccc([Si](OCC)(OCC)OCC)cc2)cc1. The maximum atomic E-state index is 6.02. The zero-order chi connectivity index (χ0) is 24.2. The Bertz CT molecular complexity index is 702. The largest absolute Gasteiger partial charge is 0.537 e. The second-order valence-corrected chi connectivity index (χ2v) is 13.1. The first-order valence-corrected chi connectivity index (χ1v) is 16.0. The molecule has 0 N–H and O–H groups in total. The Hall–Kier alpha value is -1.02. The van der Waals surface area contributed by atoms with Gasteiger partial charge in [-0.15, -0.1) is 0 Å². The molecule has 0 spiro atoms. The second kappa shape index (κ2) is 14.4. The van der Waals surface area contributed by atoms with E-state index in [0.717, 1.165) is 20.2 Å². The fourth-order valence-corrected chi connectivity index (χ4v) is 9.23. The first kappa shape index (κ1) is 28.2. The summed E-state index contributed by atoms with van der Waals surface area (Å²) in [6, 6.07) is 16.6.